The molecule has 1 aromatic carbocycles. The van der Waals surface area contributed by atoms with Crippen LogP contribution in [0.4, 0.5) is 8.78 Å². The Kier molecular flexibility index (Phi) is 6.53. The molecule has 0 amide bonds. The van der Waals surface area contributed by atoms with Crippen molar-refractivity contribution >= 4 is 0 Å². The molecule has 4 aromatic rings. The highest BCUT2D eigenvalue weighted by atomic mass is 19.3. The Hall–Kier alpha value is -3.89. The zero-order valence-corrected chi connectivity index (χ0v) is 19.2. The van der Waals surface area contributed by atoms with Crippen LogP contribution in [0.15, 0.2) is 47.1 Å². The first kappa shape index (κ1) is 23.3. The van der Waals surface area contributed by atoms with Crippen LogP contribution in [0.2, 0.25) is 0 Å². The van der Waals surface area contributed by atoms with Gasteiger partial charge >= 0.3 is 6.11 Å². The van der Waals surface area contributed by atoms with Gasteiger partial charge in [-0.2, -0.15) is 13.8 Å². The summed E-state index contributed by atoms with van der Waals surface area (Å²) in [5, 5.41) is 8.43. The van der Waals surface area contributed by atoms with Gasteiger partial charge in [-0.1, -0.05) is 19.0 Å². The second kappa shape index (κ2) is 9.54. The average Bonchev–Trinajstić information content (AvgIpc) is 3.39. The highest BCUT2D eigenvalue weighted by Gasteiger charge is 2.23. The van der Waals surface area contributed by atoms with Crippen molar-refractivity contribution in [3.8, 4) is 34.7 Å². The monoisotopic (exact) mass is 470 g/mol. The Bertz CT molecular complexity index is 1250. The van der Waals surface area contributed by atoms with Gasteiger partial charge in [-0.3, -0.25) is 0 Å². The molecule has 178 valence electrons. The van der Waals surface area contributed by atoms with E-state index in [1.54, 1.807) is 23.0 Å². The Morgan fingerprint density at radius 1 is 1.09 bits per heavy atom. The van der Waals surface area contributed by atoms with E-state index in [2.05, 4.69) is 43.8 Å². The third-order valence-electron chi connectivity index (χ3n) is 4.58. The predicted molar refractivity (Wildman–Crippen MR) is 118 cm³/mol. The third kappa shape index (κ3) is 5.91. The van der Waals surface area contributed by atoms with Gasteiger partial charge in [-0.05, 0) is 48.7 Å². The van der Waals surface area contributed by atoms with Crippen LogP contribution in [-0.2, 0) is 6.54 Å². The van der Waals surface area contributed by atoms with E-state index in [0.29, 0.717) is 43.3 Å². The number of rotatable bonds is 9. The summed E-state index contributed by atoms with van der Waals surface area (Å²) in [7, 11) is 0. The van der Waals surface area contributed by atoms with Gasteiger partial charge in [0.15, 0.2) is 0 Å². The molecule has 0 bridgehead atoms. The molecule has 0 spiro atoms. The fourth-order valence-electron chi connectivity index (χ4n) is 3.02. The van der Waals surface area contributed by atoms with Crippen molar-refractivity contribution < 1.29 is 22.8 Å². The lowest BCUT2D eigenvalue weighted by Gasteiger charge is -2.12. The van der Waals surface area contributed by atoms with Gasteiger partial charge in [0.1, 0.15) is 11.6 Å². The molecule has 0 saturated carbocycles. The Morgan fingerprint density at radius 2 is 1.85 bits per heavy atom. The molecule has 4 rings (SSSR count). The first-order valence-corrected chi connectivity index (χ1v) is 10.7. The summed E-state index contributed by atoms with van der Waals surface area (Å²) < 4.78 is 43.3. The fourth-order valence-corrected chi connectivity index (χ4v) is 3.02. The normalized spacial score (nSPS) is 11.7. The first-order valence-electron chi connectivity index (χ1n) is 10.7. The van der Waals surface area contributed by atoms with Crippen molar-refractivity contribution in [1.29, 1.82) is 0 Å². The van der Waals surface area contributed by atoms with Gasteiger partial charge in [0, 0.05) is 24.8 Å². The number of pyridine rings is 1. The third-order valence-corrected chi connectivity index (χ3v) is 4.58. The van der Waals surface area contributed by atoms with Crippen molar-refractivity contribution in [2.45, 2.75) is 40.3 Å². The molecule has 0 N–H and O–H groups in total. The predicted octanol–water partition coefficient (Wildman–Crippen LogP) is 4.77. The molecule has 34 heavy (non-hydrogen) atoms. The van der Waals surface area contributed by atoms with Gasteiger partial charge in [0.2, 0.25) is 17.5 Å². The van der Waals surface area contributed by atoms with Crippen LogP contribution in [0.5, 0.6) is 11.6 Å². The molecule has 0 aliphatic rings. The van der Waals surface area contributed by atoms with Crippen molar-refractivity contribution in [2.24, 2.45) is 5.92 Å². The summed E-state index contributed by atoms with van der Waals surface area (Å²) in [5.41, 5.74) is 1.53. The minimum Gasteiger partial charge on any atom is -0.477 e. The van der Waals surface area contributed by atoms with Crippen LogP contribution >= 0.6 is 0 Å². The van der Waals surface area contributed by atoms with Crippen molar-refractivity contribution in [2.75, 3.05) is 6.61 Å². The fraction of sp³-hybridized carbons (Fsp3) is 0.348. The van der Waals surface area contributed by atoms with E-state index in [0.717, 1.165) is 5.56 Å². The van der Waals surface area contributed by atoms with Crippen LogP contribution in [-0.4, -0.2) is 42.6 Å². The van der Waals surface area contributed by atoms with Gasteiger partial charge < -0.3 is 14.0 Å². The molecule has 9 nitrogen and oxygen atoms in total. The van der Waals surface area contributed by atoms with Crippen LogP contribution in [0.3, 0.4) is 0 Å². The topological polar surface area (TPSA) is 101 Å². The number of aryl methyl sites for hydroxylation is 1. The molecule has 11 heteroatoms. The van der Waals surface area contributed by atoms with Crippen LogP contribution in [0.1, 0.15) is 32.2 Å². The van der Waals surface area contributed by atoms with Gasteiger partial charge in [-0.15, -0.1) is 5.10 Å². The van der Waals surface area contributed by atoms with E-state index in [4.69, 9.17) is 9.26 Å². The minimum absolute atomic E-state index is 0.0323. The van der Waals surface area contributed by atoms with Crippen LogP contribution in [0, 0.1) is 12.8 Å². The minimum atomic E-state index is -3.26. The molecule has 0 atom stereocenters. The van der Waals surface area contributed by atoms with E-state index in [9.17, 15) is 8.78 Å². The van der Waals surface area contributed by atoms with Crippen molar-refractivity contribution in [3.05, 3.63) is 54.0 Å². The number of alkyl halides is 2. The van der Waals surface area contributed by atoms with Crippen molar-refractivity contribution in [1.82, 2.24) is 29.9 Å². The maximum Gasteiger partial charge on any atom is 0.394 e. The molecule has 0 radical (unpaired) electrons. The second-order valence-corrected chi connectivity index (χ2v) is 8.20. The van der Waals surface area contributed by atoms with E-state index in [1.807, 2.05) is 19.1 Å². The smallest absolute Gasteiger partial charge is 0.394 e. The quantitative estimate of drug-likeness (QED) is 0.345. The molecule has 3 aromatic heterocycles. The first-order chi connectivity index (χ1) is 16.2. The Balaban J connectivity index is 1.47. The van der Waals surface area contributed by atoms with E-state index < -0.39 is 6.11 Å². The number of halogens is 2. The van der Waals surface area contributed by atoms with Gasteiger partial charge in [0.05, 0.1) is 13.2 Å². The van der Waals surface area contributed by atoms with Crippen LogP contribution < -0.4 is 9.47 Å². The summed E-state index contributed by atoms with van der Waals surface area (Å²) in [5.74, 6) is 2.37. The molecule has 0 fully saturated rings. The number of aromatic nitrogens is 6. The SMILES string of the molecule is Cc1nc(-c2nc(-c3ccc(OC(C)(F)F)cc3)no2)nn1Cc1ccnc(OCC(C)C)c1. The largest absolute Gasteiger partial charge is 0.477 e. The van der Waals surface area contributed by atoms with E-state index in [-0.39, 0.29) is 23.3 Å². The summed E-state index contributed by atoms with van der Waals surface area (Å²) in [6.45, 7) is 7.70. The lowest BCUT2D eigenvalue weighted by Crippen LogP contribution is -2.18. The van der Waals surface area contributed by atoms with Gasteiger partial charge in [0.25, 0.3) is 5.89 Å². The summed E-state index contributed by atoms with van der Waals surface area (Å²) >= 11 is 0. The zero-order chi connectivity index (χ0) is 24.3. The molecular weight excluding hydrogens is 446 g/mol. The van der Waals surface area contributed by atoms with Crippen LogP contribution in [0.25, 0.3) is 23.1 Å². The maximum absolute atomic E-state index is 13.0. The summed E-state index contributed by atoms with van der Waals surface area (Å²) in [4.78, 5) is 13.0. The Morgan fingerprint density at radius 3 is 2.56 bits per heavy atom. The number of benzene rings is 1. The highest BCUT2D eigenvalue weighted by Crippen LogP contribution is 2.25. The van der Waals surface area contributed by atoms with E-state index >= 15 is 0 Å². The van der Waals surface area contributed by atoms with E-state index in [1.165, 1.54) is 12.1 Å². The summed E-state index contributed by atoms with van der Waals surface area (Å²) in [6.07, 6.45) is -1.57. The molecule has 0 aliphatic carbocycles. The maximum atomic E-state index is 13.0. The molecular formula is C23H24F2N6O3. The number of hydrogen-bond acceptors (Lipinski definition) is 8. The molecule has 0 unspecified atom stereocenters. The Labute approximate surface area is 194 Å². The molecule has 0 aliphatic heterocycles. The lowest BCUT2D eigenvalue weighted by molar-refractivity contribution is -0.158. The number of hydrogen-bond donors (Lipinski definition) is 0. The van der Waals surface area contributed by atoms with Crippen molar-refractivity contribution in [3.63, 3.8) is 0 Å². The summed E-state index contributed by atoms with van der Waals surface area (Å²) in [6, 6.07) is 9.71. The molecule has 0 saturated heterocycles. The lowest BCUT2D eigenvalue weighted by atomic mass is 10.2. The average molecular weight is 470 g/mol. The number of nitrogens with zero attached hydrogens (tertiary/aromatic N) is 6. The standard InChI is InChI=1S/C23H24F2N6O3/c1-14(2)13-32-19-11-16(9-10-26-19)12-31-15(3)27-21(29-31)22-28-20(30-34-22)17-5-7-18(8-6-17)33-23(4,24)25/h5-11,14H,12-13H2,1-4H3. The number of ether oxygens (including phenoxy) is 2. The van der Waals surface area contributed by atoms with Gasteiger partial charge in [-0.25, -0.2) is 14.6 Å². The zero-order valence-electron chi connectivity index (χ0n) is 19.2. The highest BCUT2D eigenvalue weighted by molar-refractivity contribution is 5.57. The molecule has 3 heterocycles. The second-order valence-electron chi connectivity index (χ2n) is 8.20.